The van der Waals surface area contributed by atoms with Crippen molar-refractivity contribution in [2.24, 2.45) is 11.0 Å². The van der Waals surface area contributed by atoms with E-state index < -0.39 is 0 Å². The number of carbonyl (C=O) groups excluding carboxylic acids is 1. The number of hydrazone groups is 1. The van der Waals surface area contributed by atoms with Crippen LogP contribution in [0.3, 0.4) is 0 Å². The van der Waals surface area contributed by atoms with Gasteiger partial charge in [0, 0.05) is 37.7 Å². The number of nitrogens with zero attached hydrogens (tertiary/aromatic N) is 5. The molecule has 1 fully saturated rings. The molecule has 6 nitrogen and oxygen atoms in total. The Kier molecular flexibility index (Phi) is 5.38. The summed E-state index contributed by atoms with van der Waals surface area (Å²) in [5, 5.41) is 7.06. The monoisotopic (exact) mass is 381 g/mol. The zero-order valence-electron chi connectivity index (χ0n) is 15.4. The zero-order chi connectivity index (χ0) is 18.6. The predicted molar refractivity (Wildman–Crippen MR) is 108 cm³/mol. The number of anilines is 1. The molecule has 1 aromatic heterocycles. The van der Waals surface area contributed by atoms with Crippen molar-refractivity contribution in [3.63, 3.8) is 0 Å². The molecule has 140 valence electrons. The SMILES string of the molecule is CSc1cc(N2CCC(C(=O)N3N=CC[C@H]3c3ccccc3)CC2)ncn1. The molecule has 0 saturated carbocycles. The molecule has 27 heavy (non-hydrogen) atoms. The van der Waals surface area contributed by atoms with E-state index >= 15 is 0 Å². The van der Waals surface area contributed by atoms with Gasteiger partial charge in [0.25, 0.3) is 0 Å². The highest BCUT2D eigenvalue weighted by atomic mass is 32.2. The minimum absolute atomic E-state index is 0.0181. The van der Waals surface area contributed by atoms with Gasteiger partial charge in [-0.3, -0.25) is 4.79 Å². The minimum Gasteiger partial charge on any atom is -0.356 e. The summed E-state index contributed by atoms with van der Waals surface area (Å²) in [6, 6.07) is 12.2. The molecular weight excluding hydrogens is 358 g/mol. The molecule has 0 radical (unpaired) electrons. The van der Waals surface area contributed by atoms with Gasteiger partial charge < -0.3 is 4.90 Å². The van der Waals surface area contributed by atoms with Gasteiger partial charge in [-0.15, -0.1) is 11.8 Å². The Hall–Kier alpha value is -2.41. The molecule has 4 rings (SSSR count). The molecule has 2 aliphatic heterocycles. The molecule has 3 heterocycles. The van der Waals surface area contributed by atoms with Crippen LogP contribution in [0, 0.1) is 5.92 Å². The fourth-order valence-corrected chi connectivity index (χ4v) is 4.11. The van der Waals surface area contributed by atoms with Crippen molar-refractivity contribution in [1.82, 2.24) is 15.0 Å². The van der Waals surface area contributed by atoms with Gasteiger partial charge in [-0.25, -0.2) is 15.0 Å². The smallest absolute Gasteiger partial charge is 0.246 e. The number of piperidine rings is 1. The fourth-order valence-electron chi connectivity index (χ4n) is 3.74. The highest BCUT2D eigenvalue weighted by Crippen LogP contribution is 2.32. The maximum absolute atomic E-state index is 13.1. The Morgan fingerprint density at radius 3 is 2.67 bits per heavy atom. The van der Waals surface area contributed by atoms with E-state index in [0.717, 1.165) is 48.8 Å². The Morgan fingerprint density at radius 1 is 1.15 bits per heavy atom. The van der Waals surface area contributed by atoms with Crippen molar-refractivity contribution in [2.75, 3.05) is 24.2 Å². The van der Waals surface area contributed by atoms with Gasteiger partial charge >= 0.3 is 0 Å². The molecule has 1 aromatic carbocycles. The van der Waals surface area contributed by atoms with Gasteiger partial charge in [0.1, 0.15) is 17.2 Å². The number of amides is 1. The van der Waals surface area contributed by atoms with Crippen molar-refractivity contribution in [2.45, 2.75) is 30.3 Å². The average molecular weight is 382 g/mol. The van der Waals surface area contributed by atoms with Gasteiger partial charge in [-0.05, 0) is 24.7 Å². The molecule has 2 aromatic rings. The lowest BCUT2D eigenvalue weighted by Gasteiger charge is -2.34. The van der Waals surface area contributed by atoms with Crippen molar-refractivity contribution in [1.29, 1.82) is 0 Å². The summed E-state index contributed by atoms with van der Waals surface area (Å²) < 4.78 is 0. The number of hydrogen-bond acceptors (Lipinski definition) is 6. The highest BCUT2D eigenvalue weighted by molar-refractivity contribution is 7.98. The second-order valence-electron chi connectivity index (χ2n) is 6.82. The van der Waals surface area contributed by atoms with Crippen LogP contribution in [0.4, 0.5) is 5.82 Å². The molecule has 0 N–H and O–H groups in total. The molecule has 0 spiro atoms. The van der Waals surface area contributed by atoms with Crippen molar-refractivity contribution >= 4 is 29.7 Å². The van der Waals surface area contributed by atoms with Crippen LogP contribution in [0.25, 0.3) is 0 Å². The lowest BCUT2D eigenvalue weighted by molar-refractivity contribution is -0.138. The summed E-state index contributed by atoms with van der Waals surface area (Å²) in [7, 11) is 0. The fraction of sp³-hybridized carbons (Fsp3) is 0.400. The van der Waals surface area contributed by atoms with Crippen molar-refractivity contribution in [3.8, 4) is 0 Å². The molecule has 1 amide bonds. The summed E-state index contributed by atoms with van der Waals surface area (Å²) in [5.74, 6) is 1.11. The van der Waals surface area contributed by atoms with E-state index in [9.17, 15) is 4.79 Å². The lowest BCUT2D eigenvalue weighted by atomic mass is 9.94. The van der Waals surface area contributed by atoms with E-state index in [1.165, 1.54) is 0 Å². The molecule has 2 aliphatic rings. The predicted octanol–water partition coefficient (Wildman–Crippen LogP) is 3.37. The summed E-state index contributed by atoms with van der Waals surface area (Å²) in [6.45, 7) is 1.66. The summed E-state index contributed by atoms with van der Waals surface area (Å²) in [5.41, 5.74) is 1.14. The number of rotatable bonds is 4. The van der Waals surface area contributed by atoms with Crippen LogP contribution in [0.2, 0.25) is 0 Å². The Balaban J connectivity index is 1.40. The molecule has 0 bridgehead atoms. The normalized spacial score (nSPS) is 20.3. The number of carbonyl (C=O) groups is 1. The van der Waals surface area contributed by atoms with E-state index in [-0.39, 0.29) is 17.9 Å². The topological polar surface area (TPSA) is 61.7 Å². The zero-order valence-corrected chi connectivity index (χ0v) is 16.2. The standard InChI is InChI=1S/C20H23N5OS/c1-27-19-13-18(21-14-22-19)24-11-8-16(9-12-24)20(26)25-17(7-10-23-25)15-5-3-2-4-6-15/h2-6,10,13-14,16-17H,7-9,11-12H2,1H3/t17-/m0/s1. The first-order valence-electron chi connectivity index (χ1n) is 9.27. The Morgan fingerprint density at radius 2 is 1.93 bits per heavy atom. The molecule has 0 aliphatic carbocycles. The quantitative estimate of drug-likeness (QED) is 0.600. The van der Waals surface area contributed by atoms with E-state index in [1.807, 2.05) is 36.7 Å². The van der Waals surface area contributed by atoms with Gasteiger partial charge in [0.2, 0.25) is 5.91 Å². The van der Waals surface area contributed by atoms with Gasteiger partial charge in [0.05, 0.1) is 6.04 Å². The van der Waals surface area contributed by atoms with Crippen LogP contribution in [-0.2, 0) is 4.79 Å². The van der Waals surface area contributed by atoms with Crippen LogP contribution in [0.1, 0.15) is 30.9 Å². The number of aromatic nitrogens is 2. The van der Waals surface area contributed by atoms with Gasteiger partial charge in [0.15, 0.2) is 0 Å². The van der Waals surface area contributed by atoms with Crippen molar-refractivity contribution in [3.05, 3.63) is 48.3 Å². The van der Waals surface area contributed by atoms with Crippen molar-refractivity contribution < 1.29 is 4.79 Å². The van der Waals surface area contributed by atoms with Crippen LogP contribution in [0.5, 0.6) is 0 Å². The van der Waals surface area contributed by atoms with E-state index in [2.05, 4.69) is 32.1 Å². The summed E-state index contributed by atoms with van der Waals surface area (Å²) in [4.78, 5) is 24.0. The number of benzene rings is 1. The number of hydrogen-bond donors (Lipinski definition) is 0. The molecule has 7 heteroatoms. The molecular formula is C20H23N5OS. The average Bonchev–Trinajstić information content (AvgIpc) is 3.24. The van der Waals surface area contributed by atoms with E-state index in [0.29, 0.717) is 0 Å². The van der Waals surface area contributed by atoms with E-state index in [4.69, 9.17) is 0 Å². The summed E-state index contributed by atoms with van der Waals surface area (Å²) in [6.07, 6.45) is 7.91. The number of thioether (sulfide) groups is 1. The second kappa shape index (κ2) is 8.08. The molecule has 0 unspecified atom stereocenters. The molecule has 1 saturated heterocycles. The van der Waals surface area contributed by atoms with Gasteiger partial charge in [-0.2, -0.15) is 5.10 Å². The Bertz CT molecular complexity index is 820. The summed E-state index contributed by atoms with van der Waals surface area (Å²) >= 11 is 1.61. The maximum Gasteiger partial charge on any atom is 0.246 e. The molecule has 1 atom stereocenters. The first kappa shape index (κ1) is 18.0. The first-order valence-corrected chi connectivity index (χ1v) is 10.5. The van der Waals surface area contributed by atoms with Crippen LogP contribution in [-0.4, -0.2) is 46.4 Å². The third-order valence-electron chi connectivity index (χ3n) is 5.24. The maximum atomic E-state index is 13.1. The minimum atomic E-state index is 0.0181. The third kappa shape index (κ3) is 3.83. The Labute approximate surface area is 163 Å². The largest absolute Gasteiger partial charge is 0.356 e. The van der Waals surface area contributed by atoms with Crippen LogP contribution in [0.15, 0.2) is 52.9 Å². The van der Waals surface area contributed by atoms with Gasteiger partial charge in [-0.1, -0.05) is 30.3 Å². The highest BCUT2D eigenvalue weighted by Gasteiger charge is 2.34. The van der Waals surface area contributed by atoms with Crippen LogP contribution < -0.4 is 4.90 Å². The third-order valence-corrected chi connectivity index (χ3v) is 5.89. The van der Waals surface area contributed by atoms with E-state index in [1.54, 1.807) is 23.1 Å². The van der Waals surface area contributed by atoms with Crippen LogP contribution >= 0.6 is 11.8 Å². The first-order chi connectivity index (χ1) is 13.3. The lowest BCUT2D eigenvalue weighted by Crippen LogP contribution is -2.41. The second-order valence-corrected chi connectivity index (χ2v) is 7.65.